The molecule has 25 heavy (non-hydrogen) atoms. The Morgan fingerprint density at radius 2 is 2.16 bits per heavy atom. The van der Waals surface area contributed by atoms with Crippen LogP contribution < -0.4 is 10.6 Å². The summed E-state index contributed by atoms with van der Waals surface area (Å²) in [6.07, 6.45) is 7.04. The van der Waals surface area contributed by atoms with Crippen LogP contribution in [-0.2, 0) is 0 Å². The van der Waals surface area contributed by atoms with Crippen molar-refractivity contribution in [1.82, 2.24) is 20.4 Å². The third-order valence-electron chi connectivity index (χ3n) is 5.30. The van der Waals surface area contributed by atoms with Gasteiger partial charge in [-0.2, -0.15) is 0 Å². The molecule has 0 bridgehead atoms. The Morgan fingerprint density at radius 3 is 2.76 bits per heavy atom. The molecule has 1 saturated heterocycles. The molecule has 1 aromatic heterocycles. The van der Waals surface area contributed by atoms with Crippen molar-refractivity contribution < 1.29 is 4.42 Å². The summed E-state index contributed by atoms with van der Waals surface area (Å²) in [6.45, 7) is 8.49. The smallest absolute Gasteiger partial charge is 0.191 e. The third kappa shape index (κ3) is 5.22. The molecule has 6 heteroatoms. The van der Waals surface area contributed by atoms with Gasteiger partial charge in [-0.3, -0.25) is 14.8 Å². The Balaban J connectivity index is 1.46. The molecule has 6 nitrogen and oxygen atoms in total. The van der Waals surface area contributed by atoms with E-state index < -0.39 is 0 Å². The first-order valence-corrected chi connectivity index (χ1v) is 9.77. The van der Waals surface area contributed by atoms with Crippen molar-refractivity contribution in [2.75, 3.05) is 46.3 Å². The van der Waals surface area contributed by atoms with E-state index in [2.05, 4.69) is 38.4 Å². The minimum atomic E-state index is 0.273. The fraction of sp³-hybridized carbons (Fsp3) is 0.737. The highest BCUT2D eigenvalue weighted by molar-refractivity contribution is 5.79. The lowest BCUT2D eigenvalue weighted by Crippen LogP contribution is -2.45. The molecule has 140 valence electrons. The van der Waals surface area contributed by atoms with E-state index in [1.165, 1.54) is 25.7 Å². The molecule has 3 rings (SSSR count). The summed E-state index contributed by atoms with van der Waals surface area (Å²) >= 11 is 0. The predicted octanol–water partition coefficient (Wildman–Crippen LogP) is 2.07. The van der Waals surface area contributed by atoms with E-state index in [1.807, 2.05) is 13.1 Å². The molecule has 2 heterocycles. The van der Waals surface area contributed by atoms with E-state index in [0.717, 1.165) is 57.0 Å². The molecule has 1 unspecified atom stereocenters. The van der Waals surface area contributed by atoms with Crippen molar-refractivity contribution in [3.8, 4) is 0 Å². The molecule has 0 amide bonds. The van der Waals surface area contributed by atoms with Gasteiger partial charge < -0.3 is 15.1 Å². The maximum atomic E-state index is 5.69. The van der Waals surface area contributed by atoms with Crippen LogP contribution in [0.15, 0.2) is 27.8 Å². The van der Waals surface area contributed by atoms with E-state index in [9.17, 15) is 0 Å². The topological polar surface area (TPSA) is 56.0 Å². The van der Waals surface area contributed by atoms with E-state index in [0.29, 0.717) is 0 Å². The molecule has 1 aromatic rings. The first-order chi connectivity index (χ1) is 12.3. The van der Waals surface area contributed by atoms with Crippen molar-refractivity contribution in [1.29, 1.82) is 0 Å². The number of aliphatic imine (C=N–C) groups is 1. The second-order valence-electron chi connectivity index (χ2n) is 7.01. The number of hydrogen-bond acceptors (Lipinski definition) is 4. The average molecular weight is 348 g/mol. The second-order valence-corrected chi connectivity index (χ2v) is 7.01. The molecule has 1 aliphatic heterocycles. The van der Waals surface area contributed by atoms with E-state index >= 15 is 0 Å². The van der Waals surface area contributed by atoms with Gasteiger partial charge in [-0.1, -0.05) is 6.92 Å². The van der Waals surface area contributed by atoms with Crippen molar-refractivity contribution in [3.63, 3.8) is 0 Å². The Hall–Kier alpha value is -1.53. The van der Waals surface area contributed by atoms with Gasteiger partial charge in [-0.25, -0.2) is 0 Å². The second kappa shape index (κ2) is 9.25. The summed E-state index contributed by atoms with van der Waals surface area (Å²) in [7, 11) is 1.84. The van der Waals surface area contributed by atoms with Gasteiger partial charge in [0, 0.05) is 32.7 Å². The summed E-state index contributed by atoms with van der Waals surface area (Å²) in [4.78, 5) is 9.43. The summed E-state index contributed by atoms with van der Waals surface area (Å²) in [5.41, 5.74) is 0. The molecule has 0 radical (unpaired) electrons. The van der Waals surface area contributed by atoms with Gasteiger partial charge in [0.25, 0.3) is 0 Å². The third-order valence-corrected chi connectivity index (χ3v) is 5.30. The number of nitrogens with zero attached hydrogens (tertiary/aromatic N) is 3. The summed E-state index contributed by atoms with van der Waals surface area (Å²) in [5, 5.41) is 6.95. The lowest BCUT2D eigenvalue weighted by molar-refractivity contribution is 0.215. The zero-order valence-electron chi connectivity index (χ0n) is 15.7. The van der Waals surface area contributed by atoms with Gasteiger partial charge in [0.15, 0.2) is 5.96 Å². The van der Waals surface area contributed by atoms with Gasteiger partial charge in [-0.05, 0) is 57.5 Å². The Bertz CT molecular complexity index is 520. The SMILES string of the molecule is CCN(CCNC(=NC)NCC(c1ccco1)N1CCCC1)C1CC1. The fourth-order valence-corrected chi connectivity index (χ4v) is 3.71. The highest BCUT2D eigenvalue weighted by atomic mass is 16.3. The highest BCUT2D eigenvalue weighted by Gasteiger charge is 2.27. The first-order valence-electron chi connectivity index (χ1n) is 9.77. The molecule has 2 fully saturated rings. The lowest BCUT2D eigenvalue weighted by Gasteiger charge is -2.27. The van der Waals surface area contributed by atoms with Gasteiger partial charge in [0.2, 0.25) is 0 Å². The van der Waals surface area contributed by atoms with Gasteiger partial charge in [-0.15, -0.1) is 0 Å². The summed E-state index contributed by atoms with van der Waals surface area (Å²) in [5.74, 6) is 1.92. The van der Waals surface area contributed by atoms with E-state index in [-0.39, 0.29) is 6.04 Å². The Morgan fingerprint density at radius 1 is 1.36 bits per heavy atom. The quantitative estimate of drug-likeness (QED) is 0.529. The summed E-state index contributed by atoms with van der Waals surface area (Å²) in [6, 6.07) is 5.15. The molecular formula is C19H33N5O. The number of likely N-dealkylation sites (N-methyl/N-ethyl adjacent to an activating group) is 1. The lowest BCUT2D eigenvalue weighted by atomic mass is 10.2. The minimum Gasteiger partial charge on any atom is -0.468 e. The van der Waals surface area contributed by atoms with Crippen LogP contribution in [0.25, 0.3) is 0 Å². The van der Waals surface area contributed by atoms with E-state index in [4.69, 9.17) is 4.42 Å². The van der Waals surface area contributed by atoms with Crippen molar-refractivity contribution >= 4 is 5.96 Å². The zero-order chi connectivity index (χ0) is 17.5. The number of rotatable bonds is 9. The van der Waals surface area contributed by atoms with Gasteiger partial charge in [0.1, 0.15) is 5.76 Å². The molecule has 1 aliphatic carbocycles. The van der Waals surface area contributed by atoms with Crippen molar-refractivity contribution in [3.05, 3.63) is 24.2 Å². The largest absolute Gasteiger partial charge is 0.468 e. The molecular weight excluding hydrogens is 314 g/mol. The van der Waals surface area contributed by atoms with Crippen LogP contribution in [0.3, 0.4) is 0 Å². The molecule has 2 aliphatic rings. The van der Waals surface area contributed by atoms with Crippen LogP contribution in [0.2, 0.25) is 0 Å². The number of guanidine groups is 1. The monoisotopic (exact) mass is 347 g/mol. The fourth-order valence-electron chi connectivity index (χ4n) is 3.71. The van der Waals surface area contributed by atoms with Crippen LogP contribution in [0.4, 0.5) is 0 Å². The highest BCUT2D eigenvalue weighted by Crippen LogP contribution is 2.26. The normalized spacial score (nSPS) is 20.2. The van der Waals surface area contributed by atoms with Crippen LogP contribution in [0.1, 0.15) is 44.4 Å². The summed E-state index contributed by atoms with van der Waals surface area (Å²) < 4.78 is 5.69. The van der Waals surface area contributed by atoms with E-state index in [1.54, 1.807) is 6.26 Å². The first kappa shape index (κ1) is 18.3. The maximum Gasteiger partial charge on any atom is 0.191 e. The molecule has 1 saturated carbocycles. The standard InChI is InChI=1S/C19H33N5O/c1-3-23(16-8-9-16)13-10-21-19(20-2)22-15-17(18-7-6-14-25-18)24-11-4-5-12-24/h6-7,14,16-17H,3-5,8-13,15H2,1-2H3,(H2,20,21,22). The van der Waals surface area contributed by atoms with Crippen molar-refractivity contribution in [2.24, 2.45) is 4.99 Å². The zero-order valence-corrected chi connectivity index (χ0v) is 15.7. The number of hydrogen-bond donors (Lipinski definition) is 2. The average Bonchev–Trinajstić information content (AvgIpc) is 3.11. The number of likely N-dealkylation sites (tertiary alicyclic amines) is 1. The molecule has 2 N–H and O–H groups in total. The van der Waals surface area contributed by atoms with Gasteiger partial charge in [0.05, 0.1) is 12.3 Å². The number of nitrogens with one attached hydrogen (secondary N) is 2. The predicted molar refractivity (Wildman–Crippen MR) is 102 cm³/mol. The van der Waals surface area contributed by atoms with Crippen molar-refractivity contribution in [2.45, 2.75) is 44.7 Å². The minimum absolute atomic E-state index is 0.273. The Kier molecular flexibility index (Phi) is 6.76. The maximum absolute atomic E-state index is 5.69. The van der Waals surface area contributed by atoms with Gasteiger partial charge >= 0.3 is 0 Å². The molecule has 1 atom stereocenters. The van der Waals surface area contributed by atoms with Crippen LogP contribution in [-0.4, -0.2) is 68.1 Å². The molecule has 0 aromatic carbocycles. The Labute approximate surface area is 151 Å². The van der Waals surface area contributed by atoms with Crippen LogP contribution >= 0.6 is 0 Å². The van der Waals surface area contributed by atoms with Crippen LogP contribution in [0, 0.1) is 0 Å². The number of furan rings is 1. The molecule has 0 spiro atoms. The van der Waals surface area contributed by atoms with Crippen LogP contribution in [0.5, 0.6) is 0 Å².